The monoisotopic (exact) mass is 122 g/mol. The Labute approximate surface area is 57.6 Å². The normalized spacial score (nSPS) is 13.7. The highest BCUT2D eigenvalue weighted by atomic mass is 13.9. The molecule has 0 aromatic carbocycles. The van der Waals surface area contributed by atoms with E-state index in [-0.39, 0.29) is 0 Å². The predicted octanol–water partition coefficient (Wildman–Crippen LogP) is 3.08. The van der Waals surface area contributed by atoms with Crippen LogP contribution in [0.2, 0.25) is 0 Å². The molecule has 0 radical (unpaired) electrons. The summed E-state index contributed by atoms with van der Waals surface area (Å²) in [5.41, 5.74) is 2.60. The molecule has 50 valence electrons. The maximum Gasteiger partial charge on any atom is -0.0395 e. The quantitative estimate of drug-likeness (QED) is 0.494. The summed E-state index contributed by atoms with van der Waals surface area (Å²) in [4.78, 5) is 0. The smallest absolute Gasteiger partial charge is 0.0395 e. The molecule has 0 heteroatoms. The third-order valence-electron chi connectivity index (χ3n) is 1.42. The van der Waals surface area contributed by atoms with Gasteiger partial charge in [-0.05, 0) is 26.3 Å². The van der Waals surface area contributed by atoms with Gasteiger partial charge in [0.05, 0.1) is 0 Å². The van der Waals surface area contributed by atoms with Crippen LogP contribution in [0.1, 0.15) is 20.8 Å². The SMILES string of the molecule is C=C/C=C(C)/C(C)=C\C. The molecule has 0 bridgehead atoms. The molecular formula is C9H14. The second-order valence-electron chi connectivity index (χ2n) is 2.06. The molecule has 0 aliphatic carbocycles. The van der Waals surface area contributed by atoms with E-state index in [1.54, 1.807) is 0 Å². The van der Waals surface area contributed by atoms with Crippen LogP contribution < -0.4 is 0 Å². The zero-order valence-electron chi connectivity index (χ0n) is 6.44. The fraction of sp³-hybridized carbons (Fsp3) is 0.333. The van der Waals surface area contributed by atoms with Crippen LogP contribution >= 0.6 is 0 Å². The van der Waals surface area contributed by atoms with Crippen LogP contribution in [0.3, 0.4) is 0 Å². The lowest BCUT2D eigenvalue weighted by molar-refractivity contribution is 1.33. The first kappa shape index (κ1) is 8.22. The minimum atomic E-state index is 1.28. The molecule has 0 fully saturated rings. The lowest BCUT2D eigenvalue weighted by Crippen LogP contribution is -1.75. The first-order chi connectivity index (χ1) is 4.22. The largest absolute Gasteiger partial charge is 0.0991 e. The Balaban J connectivity index is 4.19. The van der Waals surface area contributed by atoms with Crippen LogP contribution in [0.4, 0.5) is 0 Å². The van der Waals surface area contributed by atoms with Crippen molar-refractivity contribution in [2.45, 2.75) is 20.8 Å². The van der Waals surface area contributed by atoms with Crippen LogP contribution in [-0.2, 0) is 0 Å². The van der Waals surface area contributed by atoms with Gasteiger partial charge in [0.15, 0.2) is 0 Å². The lowest BCUT2D eigenvalue weighted by Gasteiger charge is -1.95. The Morgan fingerprint density at radius 2 is 1.78 bits per heavy atom. The topological polar surface area (TPSA) is 0 Å². The van der Waals surface area contributed by atoms with Gasteiger partial charge in [-0.25, -0.2) is 0 Å². The van der Waals surface area contributed by atoms with Gasteiger partial charge < -0.3 is 0 Å². The average molecular weight is 122 g/mol. The Morgan fingerprint density at radius 1 is 1.22 bits per heavy atom. The zero-order chi connectivity index (χ0) is 7.28. The highest BCUT2D eigenvalue weighted by Crippen LogP contribution is 2.06. The summed E-state index contributed by atoms with van der Waals surface area (Å²) in [5.74, 6) is 0. The molecule has 0 nitrogen and oxygen atoms in total. The van der Waals surface area contributed by atoms with E-state index in [0.717, 1.165) is 0 Å². The predicted molar refractivity (Wildman–Crippen MR) is 43.4 cm³/mol. The van der Waals surface area contributed by atoms with Crippen molar-refractivity contribution in [3.8, 4) is 0 Å². The highest BCUT2D eigenvalue weighted by molar-refractivity contribution is 5.28. The molecule has 0 rings (SSSR count). The van der Waals surface area contributed by atoms with Crippen molar-refractivity contribution >= 4 is 0 Å². The molecule has 0 saturated heterocycles. The standard InChI is InChI=1S/C9H14/c1-5-7-9(4)8(3)6-2/h5-7H,1H2,2-4H3/b8-6-,9-7+. The van der Waals surface area contributed by atoms with Crippen molar-refractivity contribution in [1.29, 1.82) is 0 Å². The highest BCUT2D eigenvalue weighted by Gasteiger charge is 1.85. The van der Waals surface area contributed by atoms with E-state index in [1.807, 2.05) is 19.1 Å². The molecule has 9 heavy (non-hydrogen) atoms. The first-order valence-electron chi connectivity index (χ1n) is 3.15. The summed E-state index contributed by atoms with van der Waals surface area (Å²) in [6.45, 7) is 9.82. The first-order valence-corrected chi connectivity index (χ1v) is 3.15. The summed E-state index contributed by atoms with van der Waals surface area (Å²) < 4.78 is 0. The summed E-state index contributed by atoms with van der Waals surface area (Å²) >= 11 is 0. The third kappa shape index (κ3) is 2.91. The van der Waals surface area contributed by atoms with Gasteiger partial charge in [-0.3, -0.25) is 0 Å². The average Bonchev–Trinajstić information content (AvgIpc) is 1.87. The zero-order valence-corrected chi connectivity index (χ0v) is 6.44. The second-order valence-corrected chi connectivity index (χ2v) is 2.06. The summed E-state index contributed by atoms with van der Waals surface area (Å²) in [6.07, 6.45) is 5.91. The number of rotatable bonds is 2. The van der Waals surface area contributed by atoms with Crippen molar-refractivity contribution in [2.75, 3.05) is 0 Å². The summed E-state index contributed by atoms with van der Waals surface area (Å²) in [6, 6.07) is 0. The molecule has 0 heterocycles. The molecule has 0 N–H and O–H groups in total. The summed E-state index contributed by atoms with van der Waals surface area (Å²) in [5, 5.41) is 0. The maximum absolute atomic E-state index is 3.61. The summed E-state index contributed by atoms with van der Waals surface area (Å²) in [7, 11) is 0. The third-order valence-corrected chi connectivity index (χ3v) is 1.42. The van der Waals surface area contributed by atoms with E-state index >= 15 is 0 Å². The van der Waals surface area contributed by atoms with Gasteiger partial charge in [-0.15, -0.1) is 0 Å². The van der Waals surface area contributed by atoms with Gasteiger partial charge in [0.1, 0.15) is 0 Å². The van der Waals surface area contributed by atoms with Crippen LogP contribution in [0.25, 0.3) is 0 Å². The molecular weight excluding hydrogens is 108 g/mol. The number of hydrogen-bond donors (Lipinski definition) is 0. The van der Waals surface area contributed by atoms with Crippen LogP contribution in [0.15, 0.2) is 36.0 Å². The van der Waals surface area contributed by atoms with Crippen molar-refractivity contribution in [3.05, 3.63) is 36.0 Å². The van der Waals surface area contributed by atoms with Gasteiger partial charge in [0, 0.05) is 0 Å². The van der Waals surface area contributed by atoms with Crippen molar-refractivity contribution < 1.29 is 0 Å². The Hall–Kier alpha value is -0.780. The van der Waals surface area contributed by atoms with Gasteiger partial charge >= 0.3 is 0 Å². The van der Waals surface area contributed by atoms with E-state index in [9.17, 15) is 0 Å². The number of hydrogen-bond acceptors (Lipinski definition) is 0. The van der Waals surface area contributed by atoms with Crippen LogP contribution in [-0.4, -0.2) is 0 Å². The molecule has 0 aromatic heterocycles. The molecule has 0 saturated carbocycles. The Kier molecular flexibility index (Phi) is 3.78. The molecule has 0 spiro atoms. The number of allylic oxidation sites excluding steroid dienone is 5. The van der Waals surface area contributed by atoms with Gasteiger partial charge in [0.25, 0.3) is 0 Å². The molecule has 0 amide bonds. The van der Waals surface area contributed by atoms with Crippen LogP contribution in [0, 0.1) is 0 Å². The van der Waals surface area contributed by atoms with Gasteiger partial charge in [-0.1, -0.05) is 30.4 Å². The molecule has 0 unspecified atom stereocenters. The van der Waals surface area contributed by atoms with E-state index in [0.29, 0.717) is 0 Å². The molecule has 0 atom stereocenters. The minimum absolute atomic E-state index is 1.28. The van der Waals surface area contributed by atoms with Crippen LogP contribution in [0.5, 0.6) is 0 Å². The second kappa shape index (κ2) is 4.13. The Bertz CT molecular complexity index is 147. The van der Waals surface area contributed by atoms with Gasteiger partial charge in [0.2, 0.25) is 0 Å². The van der Waals surface area contributed by atoms with E-state index < -0.39 is 0 Å². The lowest BCUT2D eigenvalue weighted by atomic mass is 10.1. The van der Waals surface area contributed by atoms with Gasteiger partial charge in [-0.2, -0.15) is 0 Å². The maximum atomic E-state index is 3.61. The van der Waals surface area contributed by atoms with Crippen molar-refractivity contribution in [1.82, 2.24) is 0 Å². The minimum Gasteiger partial charge on any atom is -0.0991 e. The fourth-order valence-corrected chi connectivity index (χ4v) is 0.536. The van der Waals surface area contributed by atoms with E-state index in [4.69, 9.17) is 0 Å². The molecule has 0 aliphatic rings. The van der Waals surface area contributed by atoms with E-state index in [1.165, 1.54) is 11.1 Å². The van der Waals surface area contributed by atoms with Crippen molar-refractivity contribution in [2.24, 2.45) is 0 Å². The molecule has 0 aromatic rings. The fourth-order valence-electron chi connectivity index (χ4n) is 0.536. The Morgan fingerprint density at radius 3 is 2.11 bits per heavy atom. The van der Waals surface area contributed by atoms with Crippen molar-refractivity contribution in [3.63, 3.8) is 0 Å². The molecule has 0 aliphatic heterocycles. The van der Waals surface area contributed by atoms with E-state index in [2.05, 4.69) is 26.5 Å².